The third-order valence-electron chi connectivity index (χ3n) is 5.71. The van der Waals surface area contributed by atoms with Crippen LogP contribution in [0.3, 0.4) is 0 Å². The number of nitrogens with one attached hydrogen (secondary N) is 1. The van der Waals surface area contributed by atoms with E-state index in [1.807, 2.05) is 0 Å². The number of nitrogens with zero attached hydrogens (tertiary/aromatic N) is 3. The zero-order valence-corrected chi connectivity index (χ0v) is 21.3. The van der Waals surface area contributed by atoms with Gasteiger partial charge < -0.3 is 21.7 Å². The van der Waals surface area contributed by atoms with Gasteiger partial charge in [-0.25, -0.2) is 14.2 Å². The third-order valence-corrected chi connectivity index (χ3v) is 7.44. The molecule has 2 aromatic carbocycles. The topological polar surface area (TPSA) is 144 Å². The first-order chi connectivity index (χ1) is 18.2. The van der Waals surface area contributed by atoms with E-state index in [0.717, 1.165) is 5.56 Å². The molecule has 1 aliphatic heterocycles. The number of benzene rings is 2. The highest BCUT2D eigenvalue weighted by atomic mass is 32.2. The summed E-state index contributed by atoms with van der Waals surface area (Å²) in [6.45, 7) is 2.70. The van der Waals surface area contributed by atoms with Crippen molar-refractivity contribution in [1.82, 2.24) is 9.88 Å². The van der Waals surface area contributed by atoms with Crippen molar-refractivity contribution < 1.29 is 18.8 Å². The van der Waals surface area contributed by atoms with Gasteiger partial charge in [0.1, 0.15) is 11.6 Å². The van der Waals surface area contributed by atoms with Gasteiger partial charge in [-0.05, 0) is 43.3 Å². The molecule has 4 amide bonds. The Morgan fingerprint density at radius 2 is 1.87 bits per heavy atom. The van der Waals surface area contributed by atoms with Gasteiger partial charge in [0.05, 0.1) is 16.7 Å². The Labute approximate surface area is 221 Å². The molecule has 0 radical (unpaired) electrons. The summed E-state index contributed by atoms with van der Waals surface area (Å²) in [7, 11) is -0.509. The van der Waals surface area contributed by atoms with E-state index in [9.17, 15) is 18.8 Å². The zero-order valence-electron chi connectivity index (χ0n) is 20.5. The molecule has 2 heterocycles. The number of halogens is 1. The second kappa shape index (κ2) is 11.7. The van der Waals surface area contributed by atoms with E-state index in [2.05, 4.69) is 26.5 Å². The fraction of sp³-hybridized carbons (Fsp3) is 0.185. The summed E-state index contributed by atoms with van der Waals surface area (Å²) in [5.74, 6) is 5.58. The van der Waals surface area contributed by atoms with E-state index in [4.69, 9.17) is 11.5 Å². The van der Waals surface area contributed by atoms with Gasteiger partial charge in [-0.1, -0.05) is 40.2 Å². The van der Waals surface area contributed by atoms with Gasteiger partial charge in [-0.15, -0.1) is 0 Å². The van der Waals surface area contributed by atoms with Crippen LogP contribution < -0.4 is 16.8 Å². The van der Waals surface area contributed by atoms with Crippen molar-refractivity contribution >= 4 is 40.0 Å². The highest BCUT2D eigenvalue weighted by Gasteiger charge is 2.18. The Morgan fingerprint density at radius 3 is 2.61 bits per heavy atom. The smallest absolute Gasteiger partial charge is 0.314 e. The number of rotatable bonds is 3. The molecule has 38 heavy (non-hydrogen) atoms. The van der Waals surface area contributed by atoms with Gasteiger partial charge in [0.2, 0.25) is 0 Å². The second-order valence-corrected chi connectivity index (χ2v) is 10.4. The number of urea groups is 1. The van der Waals surface area contributed by atoms with Crippen molar-refractivity contribution in [3.63, 3.8) is 0 Å². The number of pyridine rings is 1. The summed E-state index contributed by atoms with van der Waals surface area (Å²) in [6.07, 6.45) is 1.36. The maximum atomic E-state index is 14.1. The number of amides is 4. The summed E-state index contributed by atoms with van der Waals surface area (Å²) in [5, 5.41) is 2.68. The molecule has 5 N–H and O–H groups in total. The minimum atomic E-state index is -0.607. The molecule has 3 aromatic rings. The number of carbonyl (C=O) groups is 3. The van der Waals surface area contributed by atoms with Crippen molar-refractivity contribution in [1.29, 1.82) is 0 Å². The van der Waals surface area contributed by atoms with Crippen LogP contribution in [0, 0.1) is 24.6 Å². The monoisotopic (exact) mass is 532 g/mol. The van der Waals surface area contributed by atoms with Crippen LogP contribution in [-0.2, 0) is 10.7 Å². The summed E-state index contributed by atoms with van der Waals surface area (Å²) in [5.41, 5.74) is 13.6. The maximum absolute atomic E-state index is 14.1. The van der Waals surface area contributed by atoms with Crippen molar-refractivity contribution in [3.05, 3.63) is 88.4 Å². The van der Waals surface area contributed by atoms with Gasteiger partial charge in [0.25, 0.3) is 11.8 Å². The van der Waals surface area contributed by atoms with E-state index < -0.39 is 34.4 Å². The summed E-state index contributed by atoms with van der Waals surface area (Å²) < 4.78 is 18.3. The molecule has 0 bridgehead atoms. The number of nitrogen functional groups attached to an aromatic ring is 1. The molecular weight excluding hydrogens is 507 g/mol. The standard InChI is InChI=1S/C27H25FN6O3S/c1-17-5-8-23(28)22(13-17)26(36)32-21-4-2-3-18(14-21)6-7-19-15-20(16-31-24(19)29)25(35)33-38-11-9-34(10-12-38)27(30)37/h2-5,8,13-16H,9-12H2,1H3,(H2,29,31)(H2,30,37)(H,32,36). The number of primary amides is 1. The lowest BCUT2D eigenvalue weighted by Crippen LogP contribution is -2.44. The molecule has 1 fully saturated rings. The van der Waals surface area contributed by atoms with Crippen LogP contribution in [0.4, 0.5) is 20.7 Å². The SMILES string of the molecule is Cc1ccc(F)c(C(=O)Nc2cccc(C#Cc3cc(C(=O)N=S4CCN(C(N)=O)CC4)cnc3N)c2)c1. The summed E-state index contributed by atoms with van der Waals surface area (Å²) in [6, 6.07) is 12.2. The van der Waals surface area contributed by atoms with E-state index in [0.29, 0.717) is 41.4 Å². The van der Waals surface area contributed by atoms with Crippen LogP contribution >= 0.6 is 0 Å². The average molecular weight is 533 g/mol. The predicted octanol–water partition coefficient (Wildman–Crippen LogP) is 3.10. The third kappa shape index (κ3) is 6.60. The molecule has 11 heteroatoms. The van der Waals surface area contributed by atoms with Crippen LogP contribution in [0.5, 0.6) is 0 Å². The van der Waals surface area contributed by atoms with Crippen LogP contribution in [-0.4, -0.2) is 52.3 Å². The number of hydrogen-bond acceptors (Lipinski definition) is 5. The second-order valence-electron chi connectivity index (χ2n) is 8.52. The molecule has 4 rings (SSSR count). The fourth-order valence-electron chi connectivity index (χ4n) is 3.64. The van der Waals surface area contributed by atoms with Crippen LogP contribution in [0.25, 0.3) is 0 Å². The summed E-state index contributed by atoms with van der Waals surface area (Å²) in [4.78, 5) is 42.1. The number of nitrogens with two attached hydrogens (primary N) is 2. The maximum Gasteiger partial charge on any atom is 0.314 e. The Balaban J connectivity index is 1.48. The molecule has 0 spiro atoms. The number of hydrogen-bond donors (Lipinski definition) is 3. The average Bonchev–Trinajstić information content (AvgIpc) is 2.90. The Kier molecular flexibility index (Phi) is 8.13. The molecule has 194 valence electrons. The normalized spacial score (nSPS) is 13.3. The first kappa shape index (κ1) is 26.5. The summed E-state index contributed by atoms with van der Waals surface area (Å²) >= 11 is 0. The lowest BCUT2D eigenvalue weighted by molar-refractivity contribution is 0.100. The zero-order chi connectivity index (χ0) is 27.2. The van der Waals surface area contributed by atoms with Gasteiger partial charge in [-0.3, -0.25) is 9.59 Å². The molecule has 0 unspecified atom stereocenters. The first-order valence-corrected chi connectivity index (χ1v) is 13.1. The number of anilines is 2. The van der Waals surface area contributed by atoms with Crippen LogP contribution in [0.1, 0.15) is 37.4 Å². The minimum Gasteiger partial charge on any atom is -0.383 e. The van der Waals surface area contributed by atoms with Crippen molar-refractivity contribution in [2.45, 2.75) is 6.92 Å². The quantitative estimate of drug-likeness (QED) is 0.444. The molecule has 1 saturated heterocycles. The van der Waals surface area contributed by atoms with E-state index in [1.165, 1.54) is 29.3 Å². The van der Waals surface area contributed by atoms with Gasteiger partial charge in [0.15, 0.2) is 0 Å². The van der Waals surface area contributed by atoms with Crippen LogP contribution in [0.2, 0.25) is 0 Å². The number of aromatic nitrogens is 1. The highest BCUT2D eigenvalue weighted by Crippen LogP contribution is 2.16. The van der Waals surface area contributed by atoms with E-state index >= 15 is 0 Å². The first-order valence-electron chi connectivity index (χ1n) is 11.6. The number of aryl methyl sites for hydroxylation is 1. The lowest BCUT2D eigenvalue weighted by Gasteiger charge is -2.26. The largest absolute Gasteiger partial charge is 0.383 e. The highest BCUT2D eigenvalue weighted by molar-refractivity contribution is 7.87. The van der Waals surface area contributed by atoms with Crippen molar-refractivity contribution in [2.75, 3.05) is 35.6 Å². The molecule has 1 aromatic heterocycles. The Morgan fingerprint density at radius 1 is 1.11 bits per heavy atom. The van der Waals surface area contributed by atoms with E-state index in [1.54, 1.807) is 37.3 Å². The molecule has 0 saturated carbocycles. The van der Waals surface area contributed by atoms with Gasteiger partial charge >= 0.3 is 6.03 Å². The minimum absolute atomic E-state index is 0.0498. The lowest BCUT2D eigenvalue weighted by atomic mass is 10.1. The Hall–Kier alpha value is -4.56. The van der Waals surface area contributed by atoms with E-state index in [-0.39, 0.29) is 16.9 Å². The molecule has 1 aliphatic rings. The van der Waals surface area contributed by atoms with Crippen molar-refractivity contribution in [3.8, 4) is 11.8 Å². The molecule has 9 nitrogen and oxygen atoms in total. The molecular formula is C27H25FN6O3S. The van der Waals surface area contributed by atoms with Gasteiger partial charge in [-0.2, -0.15) is 4.36 Å². The fourth-order valence-corrected chi connectivity index (χ4v) is 5.23. The molecule has 0 aliphatic carbocycles. The van der Waals surface area contributed by atoms with Crippen LogP contribution in [0.15, 0.2) is 59.1 Å². The predicted molar refractivity (Wildman–Crippen MR) is 145 cm³/mol. The molecule has 0 atom stereocenters. The van der Waals surface area contributed by atoms with Crippen molar-refractivity contribution in [2.24, 2.45) is 10.1 Å². The Bertz CT molecular complexity index is 1520. The van der Waals surface area contributed by atoms with Gasteiger partial charge in [0, 0.05) is 42.0 Å². The number of carbonyl (C=O) groups excluding carboxylic acids is 3.